The quantitative estimate of drug-likeness (QED) is 0.564. The highest BCUT2D eigenvalue weighted by Gasteiger charge is 2.50. The van der Waals surface area contributed by atoms with Crippen LogP contribution in [0.25, 0.3) is 0 Å². The van der Waals surface area contributed by atoms with E-state index < -0.39 is 16.3 Å². The van der Waals surface area contributed by atoms with E-state index in [-0.39, 0.29) is 11.4 Å². The SMILES string of the molecule is CCCOc1cc(NCC2(C(=O)O)CC2)ccc1[N+](=O)[O-]. The van der Waals surface area contributed by atoms with E-state index in [0.717, 1.165) is 6.42 Å². The maximum atomic E-state index is 11.1. The second kappa shape index (κ2) is 5.99. The first-order chi connectivity index (χ1) is 9.98. The first-order valence-corrected chi connectivity index (χ1v) is 6.87. The number of carboxylic acid groups (broad SMARTS) is 1. The average Bonchev–Trinajstić information content (AvgIpc) is 3.24. The van der Waals surface area contributed by atoms with Crippen molar-refractivity contribution in [3.05, 3.63) is 28.3 Å². The van der Waals surface area contributed by atoms with Crippen LogP contribution in [0, 0.1) is 15.5 Å². The maximum Gasteiger partial charge on any atom is 0.311 e. The van der Waals surface area contributed by atoms with E-state index in [9.17, 15) is 14.9 Å². The first-order valence-electron chi connectivity index (χ1n) is 6.87. The summed E-state index contributed by atoms with van der Waals surface area (Å²) in [4.78, 5) is 21.6. The lowest BCUT2D eigenvalue weighted by atomic mass is 10.1. The van der Waals surface area contributed by atoms with Gasteiger partial charge in [-0.05, 0) is 25.3 Å². The van der Waals surface area contributed by atoms with E-state index in [1.54, 1.807) is 12.1 Å². The van der Waals surface area contributed by atoms with Crippen molar-refractivity contribution < 1.29 is 19.6 Å². The van der Waals surface area contributed by atoms with Gasteiger partial charge in [-0.2, -0.15) is 0 Å². The summed E-state index contributed by atoms with van der Waals surface area (Å²) in [5.41, 5.74) is -0.153. The van der Waals surface area contributed by atoms with Gasteiger partial charge in [0.1, 0.15) is 0 Å². The van der Waals surface area contributed by atoms with Gasteiger partial charge in [0.2, 0.25) is 0 Å². The zero-order chi connectivity index (χ0) is 15.5. The van der Waals surface area contributed by atoms with Crippen LogP contribution >= 0.6 is 0 Å². The summed E-state index contributed by atoms with van der Waals surface area (Å²) in [5, 5.41) is 23.1. The Labute approximate surface area is 122 Å². The van der Waals surface area contributed by atoms with Gasteiger partial charge in [0, 0.05) is 24.4 Å². The zero-order valence-corrected chi connectivity index (χ0v) is 11.8. The van der Waals surface area contributed by atoms with Gasteiger partial charge in [0.25, 0.3) is 0 Å². The lowest BCUT2D eigenvalue weighted by molar-refractivity contribution is -0.385. The van der Waals surface area contributed by atoms with Crippen molar-refractivity contribution in [2.75, 3.05) is 18.5 Å². The summed E-state index contributed by atoms with van der Waals surface area (Å²) >= 11 is 0. The molecular weight excluding hydrogens is 276 g/mol. The smallest absolute Gasteiger partial charge is 0.311 e. The number of carboxylic acids is 1. The van der Waals surface area contributed by atoms with Crippen LogP contribution in [0.15, 0.2) is 18.2 Å². The van der Waals surface area contributed by atoms with Crippen molar-refractivity contribution in [1.82, 2.24) is 0 Å². The Kier molecular flexibility index (Phi) is 4.30. The first kappa shape index (κ1) is 15.1. The normalized spacial score (nSPS) is 15.3. The highest BCUT2D eigenvalue weighted by molar-refractivity contribution is 5.78. The molecule has 0 saturated heterocycles. The van der Waals surface area contributed by atoms with Crippen molar-refractivity contribution in [2.45, 2.75) is 26.2 Å². The van der Waals surface area contributed by atoms with Gasteiger partial charge in [-0.25, -0.2) is 0 Å². The molecule has 114 valence electrons. The van der Waals surface area contributed by atoms with Gasteiger partial charge in [-0.15, -0.1) is 0 Å². The Balaban J connectivity index is 2.10. The third-order valence-electron chi connectivity index (χ3n) is 3.56. The molecule has 1 aromatic carbocycles. The number of benzene rings is 1. The minimum Gasteiger partial charge on any atom is -0.487 e. The predicted octanol–water partition coefficient (Wildman–Crippen LogP) is 2.66. The number of nitro benzene ring substituents is 1. The van der Waals surface area contributed by atoms with E-state index in [1.807, 2.05) is 6.92 Å². The van der Waals surface area contributed by atoms with E-state index in [4.69, 9.17) is 9.84 Å². The van der Waals surface area contributed by atoms with Crippen LogP contribution in [0.5, 0.6) is 5.75 Å². The molecule has 1 aliphatic carbocycles. The standard InChI is InChI=1S/C14H18N2O5/c1-2-7-21-12-8-10(3-4-11(12)16(19)20)15-9-14(5-6-14)13(17)18/h3-4,8,15H,2,5-7,9H2,1H3,(H,17,18). The van der Waals surface area contributed by atoms with Crippen LogP contribution in [0.4, 0.5) is 11.4 Å². The molecule has 7 heteroatoms. The number of hydrogen-bond acceptors (Lipinski definition) is 5. The largest absolute Gasteiger partial charge is 0.487 e. The van der Waals surface area contributed by atoms with Crippen LogP contribution < -0.4 is 10.1 Å². The third-order valence-corrected chi connectivity index (χ3v) is 3.56. The fraction of sp³-hybridized carbons (Fsp3) is 0.500. The summed E-state index contributed by atoms with van der Waals surface area (Å²) in [5.74, 6) is -0.605. The fourth-order valence-electron chi connectivity index (χ4n) is 1.99. The van der Waals surface area contributed by atoms with Gasteiger partial charge in [-0.1, -0.05) is 6.92 Å². The second-order valence-corrected chi connectivity index (χ2v) is 5.23. The molecule has 0 bridgehead atoms. The summed E-state index contributed by atoms with van der Waals surface area (Å²) in [6.45, 7) is 2.62. The van der Waals surface area contributed by atoms with Gasteiger partial charge in [0.05, 0.1) is 16.9 Å². The zero-order valence-electron chi connectivity index (χ0n) is 11.8. The Morgan fingerprint density at radius 2 is 2.24 bits per heavy atom. The fourth-order valence-corrected chi connectivity index (χ4v) is 1.99. The van der Waals surface area contributed by atoms with Crippen molar-refractivity contribution in [2.24, 2.45) is 5.41 Å². The Bertz CT molecular complexity index is 554. The molecule has 2 N–H and O–H groups in total. The number of anilines is 1. The van der Waals surface area contributed by atoms with E-state index in [1.165, 1.54) is 6.07 Å². The van der Waals surface area contributed by atoms with Gasteiger partial charge < -0.3 is 15.2 Å². The highest BCUT2D eigenvalue weighted by atomic mass is 16.6. The van der Waals surface area contributed by atoms with Crippen molar-refractivity contribution in [3.8, 4) is 5.75 Å². The van der Waals surface area contributed by atoms with Crippen LogP contribution in [0.1, 0.15) is 26.2 Å². The third kappa shape index (κ3) is 3.42. The number of nitrogens with one attached hydrogen (secondary N) is 1. The molecule has 1 aromatic rings. The molecule has 1 fully saturated rings. The molecule has 0 unspecified atom stereocenters. The Morgan fingerprint density at radius 1 is 1.52 bits per heavy atom. The van der Waals surface area contributed by atoms with Crippen molar-refractivity contribution in [1.29, 1.82) is 0 Å². The minimum absolute atomic E-state index is 0.0895. The minimum atomic E-state index is -0.806. The summed E-state index contributed by atoms with van der Waals surface area (Å²) in [6.07, 6.45) is 2.06. The molecule has 0 spiro atoms. The number of nitrogens with zero attached hydrogens (tertiary/aromatic N) is 1. The molecule has 7 nitrogen and oxygen atoms in total. The van der Waals surface area contributed by atoms with Crippen molar-refractivity contribution >= 4 is 17.3 Å². The van der Waals surface area contributed by atoms with Crippen LogP contribution in [0.3, 0.4) is 0 Å². The number of aliphatic carboxylic acids is 1. The molecule has 1 saturated carbocycles. The lowest BCUT2D eigenvalue weighted by Crippen LogP contribution is -2.24. The number of ether oxygens (including phenoxy) is 1. The Hall–Kier alpha value is -2.31. The summed E-state index contributed by atoms with van der Waals surface area (Å²) in [6, 6.07) is 4.48. The maximum absolute atomic E-state index is 11.1. The van der Waals surface area contributed by atoms with E-state index >= 15 is 0 Å². The number of nitro groups is 1. The number of carbonyl (C=O) groups is 1. The molecule has 2 rings (SSSR count). The second-order valence-electron chi connectivity index (χ2n) is 5.23. The van der Waals surface area contributed by atoms with Gasteiger partial charge in [0.15, 0.2) is 5.75 Å². The Morgan fingerprint density at radius 3 is 2.76 bits per heavy atom. The number of rotatable bonds is 8. The summed E-state index contributed by atoms with van der Waals surface area (Å²) in [7, 11) is 0. The van der Waals surface area contributed by atoms with Gasteiger partial charge >= 0.3 is 11.7 Å². The lowest BCUT2D eigenvalue weighted by Gasteiger charge is -2.13. The predicted molar refractivity (Wildman–Crippen MR) is 76.7 cm³/mol. The monoisotopic (exact) mass is 294 g/mol. The molecule has 0 aromatic heterocycles. The van der Waals surface area contributed by atoms with E-state index in [2.05, 4.69) is 5.32 Å². The van der Waals surface area contributed by atoms with E-state index in [0.29, 0.717) is 31.7 Å². The van der Waals surface area contributed by atoms with Gasteiger partial charge in [-0.3, -0.25) is 14.9 Å². The van der Waals surface area contributed by atoms with Crippen LogP contribution in [-0.2, 0) is 4.79 Å². The molecule has 0 aliphatic heterocycles. The highest BCUT2D eigenvalue weighted by Crippen LogP contribution is 2.46. The molecule has 0 heterocycles. The average molecular weight is 294 g/mol. The van der Waals surface area contributed by atoms with Crippen LogP contribution in [-0.4, -0.2) is 29.2 Å². The molecular formula is C14H18N2O5. The van der Waals surface area contributed by atoms with Crippen molar-refractivity contribution in [3.63, 3.8) is 0 Å². The summed E-state index contributed by atoms with van der Waals surface area (Å²) < 4.78 is 5.39. The topological polar surface area (TPSA) is 102 Å². The molecule has 0 atom stereocenters. The number of hydrogen-bond donors (Lipinski definition) is 2. The molecule has 0 amide bonds. The molecule has 0 radical (unpaired) electrons. The molecule has 1 aliphatic rings. The molecule has 21 heavy (non-hydrogen) atoms. The van der Waals surface area contributed by atoms with Crippen LogP contribution in [0.2, 0.25) is 0 Å².